The Morgan fingerprint density at radius 2 is 1.97 bits per heavy atom. The molecule has 1 amide bonds. The van der Waals surface area contributed by atoms with Gasteiger partial charge in [0.1, 0.15) is 22.5 Å². The molecule has 4 rings (SSSR count). The monoisotopic (exact) mass is 492 g/mol. The van der Waals surface area contributed by atoms with Crippen molar-refractivity contribution in [2.75, 3.05) is 6.26 Å². The fourth-order valence-corrected chi connectivity index (χ4v) is 4.09. The van der Waals surface area contributed by atoms with Gasteiger partial charge >= 0.3 is 0 Å². The number of hydrogen-bond acceptors (Lipinski definition) is 5. The van der Waals surface area contributed by atoms with Crippen molar-refractivity contribution in [2.24, 2.45) is 0 Å². The number of carbonyl (C=O) groups excluding carboxylic acids is 1. The van der Waals surface area contributed by atoms with Gasteiger partial charge in [-0.1, -0.05) is 17.7 Å². The molecular weight excluding hydrogens is 478 g/mol. The van der Waals surface area contributed by atoms with Crippen molar-refractivity contribution < 1.29 is 22.0 Å². The fourth-order valence-electron chi connectivity index (χ4n) is 3.51. The molecule has 0 atom stereocenters. The summed E-state index contributed by atoms with van der Waals surface area (Å²) in [4.78, 5) is 32.5. The zero-order chi connectivity index (χ0) is 23.9. The molecule has 0 unspecified atom stereocenters. The summed E-state index contributed by atoms with van der Waals surface area (Å²) in [6.07, 6.45) is 2.18. The standard InChI is InChI=1S/C21H15ClF2N4O4S/c1-33(31,32)27-21(30)19-17(13-3-2-8-25-20(13)29)18-15(6-7-16(22)26-18)28(19)10-11-4-5-12(23)9-14(11)24/h2-9H,10H2,1H3,(H,25,29)(H,27,30). The Balaban J connectivity index is 2.09. The minimum absolute atomic E-state index is 0.0121. The van der Waals surface area contributed by atoms with Crippen molar-refractivity contribution >= 4 is 38.6 Å². The van der Waals surface area contributed by atoms with Gasteiger partial charge in [0.05, 0.1) is 29.4 Å². The number of halogens is 3. The summed E-state index contributed by atoms with van der Waals surface area (Å²) in [5.74, 6) is -2.71. The van der Waals surface area contributed by atoms with E-state index >= 15 is 0 Å². The Morgan fingerprint density at radius 1 is 1.21 bits per heavy atom. The van der Waals surface area contributed by atoms with Gasteiger partial charge in [0.25, 0.3) is 11.5 Å². The van der Waals surface area contributed by atoms with E-state index in [-0.39, 0.29) is 45.1 Å². The van der Waals surface area contributed by atoms with Crippen LogP contribution in [0.4, 0.5) is 8.78 Å². The Labute approximate surface area is 190 Å². The average Bonchev–Trinajstić information content (AvgIpc) is 3.02. The van der Waals surface area contributed by atoms with Gasteiger partial charge in [0, 0.05) is 23.4 Å². The maximum Gasteiger partial charge on any atom is 0.282 e. The van der Waals surface area contributed by atoms with Gasteiger partial charge in [-0.2, -0.15) is 0 Å². The van der Waals surface area contributed by atoms with E-state index in [1.54, 1.807) is 0 Å². The summed E-state index contributed by atoms with van der Waals surface area (Å²) in [6.45, 7) is -0.289. The highest BCUT2D eigenvalue weighted by Gasteiger charge is 2.28. The molecule has 0 saturated heterocycles. The van der Waals surface area contributed by atoms with E-state index in [1.807, 2.05) is 4.72 Å². The Morgan fingerprint density at radius 3 is 2.64 bits per heavy atom. The van der Waals surface area contributed by atoms with Crippen LogP contribution in [0, 0.1) is 11.6 Å². The number of H-pyrrole nitrogens is 1. The van der Waals surface area contributed by atoms with Gasteiger partial charge in [-0.3, -0.25) is 9.59 Å². The molecule has 0 aliphatic rings. The smallest absolute Gasteiger partial charge is 0.282 e. The van der Waals surface area contributed by atoms with Crippen molar-refractivity contribution in [3.8, 4) is 11.1 Å². The number of hydrogen-bond donors (Lipinski definition) is 2. The number of carbonyl (C=O) groups is 1. The molecular formula is C21H15ClF2N4O4S. The highest BCUT2D eigenvalue weighted by Crippen LogP contribution is 2.34. The first-order chi connectivity index (χ1) is 15.5. The summed E-state index contributed by atoms with van der Waals surface area (Å²) in [5, 5.41) is 0.0521. The number of fused-ring (bicyclic) bond motifs is 1. The van der Waals surface area contributed by atoms with E-state index in [1.165, 1.54) is 41.1 Å². The van der Waals surface area contributed by atoms with Crippen LogP contribution in [0.25, 0.3) is 22.2 Å². The normalized spacial score (nSPS) is 11.6. The van der Waals surface area contributed by atoms with Crippen LogP contribution in [-0.2, 0) is 16.6 Å². The number of pyridine rings is 2. The third-order valence-electron chi connectivity index (χ3n) is 4.80. The number of sulfonamides is 1. The highest BCUT2D eigenvalue weighted by molar-refractivity contribution is 7.89. The first-order valence-electron chi connectivity index (χ1n) is 9.38. The molecule has 12 heteroatoms. The Kier molecular flexibility index (Phi) is 5.76. The van der Waals surface area contributed by atoms with Crippen LogP contribution < -0.4 is 10.3 Å². The summed E-state index contributed by atoms with van der Waals surface area (Å²) >= 11 is 6.06. The molecule has 4 aromatic rings. The minimum Gasteiger partial charge on any atom is -0.330 e. The number of amides is 1. The first kappa shape index (κ1) is 22.6. The molecule has 0 aliphatic heterocycles. The third kappa shape index (κ3) is 4.50. The molecule has 2 N–H and O–H groups in total. The number of benzene rings is 1. The quantitative estimate of drug-likeness (QED) is 0.416. The van der Waals surface area contributed by atoms with Crippen LogP contribution in [0.1, 0.15) is 16.1 Å². The molecule has 0 radical (unpaired) electrons. The van der Waals surface area contributed by atoms with Gasteiger partial charge in [-0.15, -0.1) is 0 Å². The van der Waals surface area contributed by atoms with Gasteiger partial charge in [-0.05, 0) is 30.3 Å². The summed E-state index contributed by atoms with van der Waals surface area (Å²) in [6, 6.07) is 8.82. The lowest BCUT2D eigenvalue weighted by Crippen LogP contribution is -2.32. The fraction of sp³-hybridized carbons (Fsp3) is 0.0952. The van der Waals surface area contributed by atoms with Crippen LogP contribution in [-0.4, -0.2) is 35.1 Å². The molecule has 8 nitrogen and oxygen atoms in total. The molecule has 0 spiro atoms. The first-order valence-corrected chi connectivity index (χ1v) is 11.6. The molecule has 3 aromatic heterocycles. The zero-order valence-corrected chi connectivity index (χ0v) is 18.5. The van der Waals surface area contributed by atoms with Crippen LogP contribution in [0.15, 0.2) is 53.5 Å². The second kappa shape index (κ2) is 8.41. The lowest BCUT2D eigenvalue weighted by Gasteiger charge is -2.13. The zero-order valence-electron chi connectivity index (χ0n) is 16.9. The molecule has 3 heterocycles. The van der Waals surface area contributed by atoms with Crippen molar-refractivity contribution in [3.63, 3.8) is 0 Å². The predicted molar refractivity (Wildman–Crippen MR) is 119 cm³/mol. The summed E-state index contributed by atoms with van der Waals surface area (Å²) in [5.41, 5.74) is -0.372. The van der Waals surface area contributed by atoms with E-state index in [2.05, 4.69) is 9.97 Å². The third-order valence-corrected chi connectivity index (χ3v) is 5.57. The summed E-state index contributed by atoms with van der Waals surface area (Å²) in [7, 11) is -4.00. The van der Waals surface area contributed by atoms with Gasteiger partial charge in [0.2, 0.25) is 10.0 Å². The predicted octanol–water partition coefficient (Wildman–Crippen LogP) is 3.06. The number of aromatic nitrogens is 3. The second-order valence-corrected chi connectivity index (χ2v) is 9.30. The lowest BCUT2D eigenvalue weighted by atomic mass is 10.1. The maximum absolute atomic E-state index is 14.5. The highest BCUT2D eigenvalue weighted by atomic mass is 35.5. The van der Waals surface area contributed by atoms with Crippen LogP contribution in [0.3, 0.4) is 0 Å². The molecule has 33 heavy (non-hydrogen) atoms. The molecule has 1 aromatic carbocycles. The number of nitrogens with zero attached hydrogens (tertiary/aromatic N) is 2. The summed E-state index contributed by atoms with van der Waals surface area (Å²) < 4.78 is 54.7. The Bertz CT molecular complexity index is 1580. The number of nitrogens with one attached hydrogen (secondary N) is 2. The molecule has 0 saturated carbocycles. The van der Waals surface area contributed by atoms with Crippen molar-refractivity contribution in [1.29, 1.82) is 0 Å². The molecule has 0 aliphatic carbocycles. The van der Waals surface area contributed by atoms with Crippen LogP contribution >= 0.6 is 11.6 Å². The lowest BCUT2D eigenvalue weighted by molar-refractivity contribution is 0.0974. The molecule has 170 valence electrons. The van der Waals surface area contributed by atoms with Crippen LogP contribution in [0.5, 0.6) is 0 Å². The number of rotatable bonds is 5. The second-order valence-electron chi connectivity index (χ2n) is 7.16. The van der Waals surface area contributed by atoms with Gasteiger partial charge in [0.15, 0.2) is 0 Å². The SMILES string of the molecule is CS(=O)(=O)NC(=O)c1c(-c2ccc[nH]c2=O)c2nc(Cl)ccc2n1Cc1ccc(F)cc1F. The van der Waals surface area contributed by atoms with Crippen molar-refractivity contribution in [3.05, 3.63) is 87.1 Å². The Hall–Kier alpha value is -3.57. The van der Waals surface area contributed by atoms with E-state index in [4.69, 9.17) is 11.6 Å². The van der Waals surface area contributed by atoms with Crippen LogP contribution in [0.2, 0.25) is 5.15 Å². The maximum atomic E-state index is 14.5. The van der Waals surface area contributed by atoms with E-state index < -0.39 is 33.1 Å². The largest absolute Gasteiger partial charge is 0.330 e. The van der Waals surface area contributed by atoms with E-state index in [0.29, 0.717) is 6.07 Å². The van der Waals surface area contributed by atoms with E-state index in [0.717, 1.165) is 12.3 Å². The average molecular weight is 493 g/mol. The van der Waals surface area contributed by atoms with Crippen molar-refractivity contribution in [2.45, 2.75) is 6.54 Å². The topological polar surface area (TPSA) is 114 Å². The van der Waals surface area contributed by atoms with Gasteiger partial charge in [-0.25, -0.2) is 26.9 Å². The van der Waals surface area contributed by atoms with E-state index in [9.17, 15) is 26.8 Å². The molecule has 0 fully saturated rings. The van der Waals surface area contributed by atoms with Crippen molar-refractivity contribution in [1.82, 2.24) is 19.3 Å². The number of aromatic amines is 1. The van der Waals surface area contributed by atoms with Gasteiger partial charge < -0.3 is 9.55 Å². The minimum atomic E-state index is -4.00. The molecule has 0 bridgehead atoms.